The van der Waals surface area contributed by atoms with Crippen LogP contribution in [0, 0.1) is 9.49 Å². The van der Waals surface area contributed by atoms with Crippen LogP contribution in [0.1, 0.15) is 19.3 Å². The van der Waals surface area contributed by atoms with Gasteiger partial charge < -0.3 is 9.72 Å². The lowest BCUT2D eigenvalue weighted by molar-refractivity contribution is 0.288. The Morgan fingerprint density at radius 1 is 1.64 bits per heavy atom. The topological polar surface area (TPSA) is 55.0 Å². The second-order valence-corrected chi connectivity index (χ2v) is 4.51. The molecule has 5 heteroatoms. The van der Waals surface area contributed by atoms with Gasteiger partial charge in [-0.05, 0) is 34.9 Å². The van der Waals surface area contributed by atoms with Gasteiger partial charge in [-0.1, -0.05) is 12.8 Å². The average molecular weight is 306 g/mol. The molecule has 1 fully saturated rings. The standard InChI is InChI=1S/C9H11IN2O2/c10-7-8(13)11-5-12-9(7)14-4-3-6-1-2-6/h5-6H,1-4H2,(H,11,12,13). The van der Waals surface area contributed by atoms with Crippen LogP contribution in [-0.4, -0.2) is 16.6 Å². The predicted molar refractivity (Wildman–Crippen MR) is 60.4 cm³/mol. The summed E-state index contributed by atoms with van der Waals surface area (Å²) < 4.78 is 5.96. The van der Waals surface area contributed by atoms with Crippen LogP contribution >= 0.6 is 22.6 Å². The number of aromatic nitrogens is 2. The summed E-state index contributed by atoms with van der Waals surface area (Å²) in [6.07, 6.45) is 5.09. The first-order chi connectivity index (χ1) is 6.77. The highest BCUT2D eigenvalue weighted by molar-refractivity contribution is 14.1. The summed E-state index contributed by atoms with van der Waals surface area (Å²) in [7, 11) is 0. The summed E-state index contributed by atoms with van der Waals surface area (Å²) >= 11 is 1.95. The van der Waals surface area contributed by atoms with Crippen molar-refractivity contribution in [2.45, 2.75) is 19.3 Å². The van der Waals surface area contributed by atoms with E-state index < -0.39 is 0 Å². The van der Waals surface area contributed by atoms with Crippen LogP contribution in [0.5, 0.6) is 5.88 Å². The maximum Gasteiger partial charge on any atom is 0.268 e. The molecule has 1 aromatic rings. The monoisotopic (exact) mass is 306 g/mol. The Bertz CT molecular complexity index is 373. The fraction of sp³-hybridized carbons (Fsp3) is 0.556. The second kappa shape index (κ2) is 4.29. The number of hydrogen-bond acceptors (Lipinski definition) is 3. The summed E-state index contributed by atoms with van der Waals surface area (Å²) in [4.78, 5) is 17.6. The molecule has 4 nitrogen and oxygen atoms in total. The first kappa shape index (κ1) is 9.95. The van der Waals surface area contributed by atoms with E-state index >= 15 is 0 Å². The highest BCUT2D eigenvalue weighted by atomic mass is 127. The van der Waals surface area contributed by atoms with Gasteiger partial charge in [-0.25, -0.2) is 4.98 Å². The lowest BCUT2D eigenvalue weighted by atomic mass is 10.3. The quantitative estimate of drug-likeness (QED) is 0.859. The van der Waals surface area contributed by atoms with E-state index in [1.54, 1.807) is 0 Å². The van der Waals surface area contributed by atoms with Crippen molar-refractivity contribution in [1.82, 2.24) is 9.97 Å². The molecular weight excluding hydrogens is 295 g/mol. The van der Waals surface area contributed by atoms with Crippen molar-refractivity contribution < 1.29 is 4.74 Å². The van der Waals surface area contributed by atoms with Crippen LogP contribution in [0.3, 0.4) is 0 Å². The molecule has 1 aliphatic rings. The lowest BCUT2D eigenvalue weighted by Crippen LogP contribution is -2.13. The third-order valence-corrected chi connectivity index (χ3v) is 3.18. The highest BCUT2D eigenvalue weighted by Crippen LogP contribution is 2.32. The molecule has 0 saturated heterocycles. The lowest BCUT2D eigenvalue weighted by Gasteiger charge is -2.04. The van der Waals surface area contributed by atoms with Gasteiger partial charge in [-0.3, -0.25) is 4.79 Å². The molecule has 2 rings (SSSR count). The Hall–Kier alpha value is -0.590. The van der Waals surface area contributed by atoms with Crippen LogP contribution in [0.15, 0.2) is 11.1 Å². The number of aromatic amines is 1. The summed E-state index contributed by atoms with van der Waals surface area (Å²) in [5, 5.41) is 0. The van der Waals surface area contributed by atoms with E-state index in [4.69, 9.17) is 4.74 Å². The van der Waals surface area contributed by atoms with Crippen molar-refractivity contribution in [3.05, 3.63) is 20.3 Å². The van der Waals surface area contributed by atoms with Gasteiger partial charge in [0.05, 0.1) is 12.9 Å². The molecule has 0 radical (unpaired) electrons. The van der Waals surface area contributed by atoms with Gasteiger partial charge in [-0.2, -0.15) is 0 Å². The zero-order valence-corrected chi connectivity index (χ0v) is 9.78. The fourth-order valence-corrected chi connectivity index (χ4v) is 1.65. The van der Waals surface area contributed by atoms with Crippen LogP contribution < -0.4 is 10.3 Å². The minimum absolute atomic E-state index is 0.137. The molecule has 0 amide bonds. The van der Waals surface area contributed by atoms with Crippen molar-refractivity contribution in [3.63, 3.8) is 0 Å². The molecule has 14 heavy (non-hydrogen) atoms. The van der Waals surface area contributed by atoms with E-state index in [9.17, 15) is 4.79 Å². The second-order valence-electron chi connectivity index (χ2n) is 3.43. The Balaban J connectivity index is 1.93. The molecule has 0 aliphatic heterocycles. The molecule has 1 aliphatic carbocycles. The molecule has 0 atom stereocenters. The average Bonchev–Trinajstić information content (AvgIpc) is 2.96. The van der Waals surface area contributed by atoms with Gasteiger partial charge >= 0.3 is 0 Å². The molecule has 0 spiro atoms. The molecule has 1 aromatic heterocycles. The van der Waals surface area contributed by atoms with Gasteiger partial charge in [0.15, 0.2) is 0 Å². The first-order valence-electron chi connectivity index (χ1n) is 4.63. The molecular formula is C9H11IN2O2. The van der Waals surface area contributed by atoms with Crippen molar-refractivity contribution in [2.75, 3.05) is 6.61 Å². The zero-order valence-electron chi connectivity index (χ0n) is 7.62. The Labute approximate surface area is 95.2 Å². The van der Waals surface area contributed by atoms with Gasteiger partial charge in [0.1, 0.15) is 3.57 Å². The maximum absolute atomic E-state index is 11.2. The van der Waals surface area contributed by atoms with Crippen LogP contribution in [0.2, 0.25) is 0 Å². The van der Waals surface area contributed by atoms with Gasteiger partial charge in [0, 0.05) is 0 Å². The number of nitrogens with one attached hydrogen (secondary N) is 1. The summed E-state index contributed by atoms with van der Waals surface area (Å²) in [5.41, 5.74) is -0.137. The van der Waals surface area contributed by atoms with Crippen LogP contribution in [0.25, 0.3) is 0 Å². The molecule has 0 bridgehead atoms. The fourth-order valence-electron chi connectivity index (χ4n) is 1.20. The zero-order chi connectivity index (χ0) is 9.97. The maximum atomic E-state index is 11.2. The van der Waals surface area contributed by atoms with E-state index in [0.717, 1.165) is 12.3 Å². The third-order valence-electron chi connectivity index (χ3n) is 2.23. The number of hydrogen-bond donors (Lipinski definition) is 1. The Kier molecular flexibility index (Phi) is 3.05. The van der Waals surface area contributed by atoms with Gasteiger partial charge in [0.25, 0.3) is 5.56 Å². The van der Waals surface area contributed by atoms with E-state index in [0.29, 0.717) is 16.1 Å². The van der Waals surface area contributed by atoms with Crippen molar-refractivity contribution in [2.24, 2.45) is 5.92 Å². The molecule has 0 aromatic carbocycles. The summed E-state index contributed by atoms with van der Waals surface area (Å²) in [5.74, 6) is 1.30. The normalized spacial score (nSPS) is 15.5. The van der Waals surface area contributed by atoms with Crippen LogP contribution in [0.4, 0.5) is 0 Å². The summed E-state index contributed by atoms with van der Waals surface area (Å²) in [6.45, 7) is 0.664. The molecule has 1 N–H and O–H groups in total. The predicted octanol–water partition coefficient (Wildman–Crippen LogP) is 1.55. The van der Waals surface area contributed by atoms with Gasteiger partial charge in [0.2, 0.25) is 5.88 Å². The number of ether oxygens (including phenoxy) is 1. The van der Waals surface area contributed by atoms with Crippen molar-refractivity contribution >= 4 is 22.6 Å². The number of rotatable bonds is 4. The third kappa shape index (κ3) is 2.46. The SMILES string of the molecule is O=c1[nH]cnc(OCCC2CC2)c1I. The van der Waals surface area contributed by atoms with E-state index in [-0.39, 0.29) is 5.56 Å². The highest BCUT2D eigenvalue weighted by Gasteiger charge is 2.21. The largest absolute Gasteiger partial charge is 0.477 e. The van der Waals surface area contributed by atoms with Gasteiger partial charge in [-0.15, -0.1) is 0 Å². The molecule has 1 heterocycles. The van der Waals surface area contributed by atoms with Crippen molar-refractivity contribution in [3.8, 4) is 5.88 Å². The number of H-pyrrole nitrogens is 1. The summed E-state index contributed by atoms with van der Waals surface area (Å²) in [6, 6.07) is 0. The van der Waals surface area contributed by atoms with Crippen molar-refractivity contribution in [1.29, 1.82) is 0 Å². The Morgan fingerprint density at radius 3 is 3.14 bits per heavy atom. The Morgan fingerprint density at radius 2 is 2.43 bits per heavy atom. The molecule has 0 unspecified atom stereocenters. The molecule has 1 saturated carbocycles. The minimum atomic E-state index is -0.137. The van der Waals surface area contributed by atoms with E-state index in [1.165, 1.54) is 19.2 Å². The minimum Gasteiger partial charge on any atom is -0.477 e. The van der Waals surface area contributed by atoms with Crippen LogP contribution in [-0.2, 0) is 0 Å². The number of nitrogens with zero attached hydrogens (tertiary/aromatic N) is 1. The number of halogens is 1. The van der Waals surface area contributed by atoms with E-state index in [1.807, 2.05) is 22.6 Å². The van der Waals surface area contributed by atoms with E-state index in [2.05, 4.69) is 9.97 Å². The molecule has 76 valence electrons. The first-order valence-corrected chi connectivity index (χ1v) is 5.71. The smallest absolute Gasteiger partial charge is 0.268 e.